The van der Waals surface area contributed by atoms with Crippen LogP contribution in [0.5, 0.6) is 11.5 Å². The third-order valence-electron chi connectivity index (χ3n) is 5.48. The third kappa shape index (κ3) is 4.09. The van der Waals surface area contributed by atoms with Gasteiger partial charge in [0.1, 0.15) is 23.1 Å². The van der Waals surface area contributed by atoms with E-state index in [1.165, 1.54) is 0 Å². The smallest absolute Gasteiger partial charge is 0.228 e. The van der Waals surface area contributed by atoms with Gasteiger partial charge in [0, 0.05) is 54.3 Å². The predicted molar refractivity (Wildman–Crippen MR) is 125 cm³/mol. The zero-order chi connectivity index (χ0) is 22.1. The number of nitrogens with one attached hydrogen (secondary N) is 2. The van der Waals surface area contributed by atoms with Gasteiger partial charge in [0.05, 0.1) is 0 Å². The molecule has 3 aromatic heterocycles. The highest BCUT2D eigenvalue weighted by Gasteiger charge is 2.29. The van der Waals surface area contributed by atoms with Crippen molar-refractivity contribution in [1.82, 2.24) is 15.0 Å². The van der Waals surface area contributed by atoms with Crippen LogP contribution < -0.4 is 15.4 Å². The zero-order valence-corrected chi connectivity index (χ0v) is 17.9. The maximum Gasteiger partial charge on any atom is 0.228 e. The van der Waals surface area contributed by atoms with Gasteiger partial charge in [-0.25, -0.2) is 9.97 Å². The molecule has 1 aliphatic rings. The monoisotopic (exact) mass is 425 g/mol. The average Bonchev–Trinajstić information content (AvgIpc) is 3.65. The molecule has 0 saturated heterocycles. The zero-order valence-electron chi connectivity index (χ0n) is 17.9. The molecule has 3 heterocycles. The highest BCUT2D eigenvalue weighted by molar-refractivity contribution is 6.03. The summed E-state index contributed by atoms with van der Waals surface area (Å²) >= 11 is 0. The first kappa shape index (κ1) is 19.9. The first-order valence-corrected chi connectivity index (χ1v) is 10.6. The molecule has 1 amide bonds. The summed E-state index contributed by atoms with van der Waals surface area (Å²) in [6, 6.07) is 13.5. The van der Waals surface area contributed by atoms with E-state index in [1.807, 2.05) is 62.6 Å². The summed E-state index contributed by atoms with van der Waals surface area (Å²) in [5.74, 6) is 2.93. The summed E-state index contributed by atoms with van der Waals surface area (Å²) in [7, 11) is 1.83. The maximum atomic E-state index is 12.2. The lowest BCUT2D eigenvalue weighted by Gasteiger charge is -2.13. The van der Waals surface area contributed by atoms with E-state index in [9.17, 15) is 4.79 Å². The molecule has 0 aliphatic heterocycles. The van der Waals surface area contributed by atoms with E-state index in [4.69, 9.17) is 4.74 Å². The number of hydrogen-bond acceptors (Lipinski definition) is 6. The molecule has 0 atom stereocenters. The number of anilines is 2. The quantitative estimate of drug-likeness (QED) is 0.442. The lowest BCUT2D eigenvalue weighted by molar-refractivity contribution is -0.117. The van der Waals surface area contributed by atoms with E-state index in [0.717, 1.165) is 57.8 Å². The highest BCUT2D eigenvalue weighted by atomic mass is 16.5. The van der Waals surface area contributed by atoms with E-state index in [1.54, 1.807) is 12.4 Å². The second-order valence-corrected chi connectivity index (χ2v) is 7.91. The summed E-state index contributed by atoms with van der Waals surface area (Å²) in [5, 5.41) is 7.90. The van der Waals surface area contributed by atoms with Gasteiger partial charge in [-0.15, -0.1) is 0 Å². The van der Waals surface area contributed by atoms with Gasteiger partial charge in [0.15, 0.2) is 0 Å². The van der Waals surface area contributed by atoms with Gasteiger partial charge in [0.2, 0.25) is 5.91 Å². The van der Waals surface area contributed by atoms with Crippen molar-refractivity contribution < 1.29 is 9.53 Å². The van der Waals surface area contributed by atoms with Crippen LogP contribution in [0.1, 0.15) is 18.5 Å². The number of hydrogen-bond donors (Lipinski definition) is 2. The number of aryl methyl sites for hydroxylation is 1. The van der Waals surface area contributed by atoms with Gasteiger partial charge in [-0.1, -0.05) is 12.1 Å². The van der Waals surface area contributed by atoms with Crippen molar-refractivity contribution >= 4 is 28.3 Å². The Morgan fingerprint density at radius 3 is 2.50 bits per heavy atom. The molecule has 4 aromatic rings. The van der Waals surface area contributed by atoms with Crippen LogP contribution in [0, 0.1) is 12.8 Å². The SMILES string of the molecule is CNc1ncc(-c2ccc(Oc3ccnc(C)c3)cc2)c2cc(NC(=O)C3CC3)ncc12. The average molecular weight is 425 g/mol. The van der Waals surface area contributed by atoms with Crippen LogP contribution in [0.15, 0.2) is 61.1 Å². The number of nitrogens with zero attached hydrogens (tertiary/aromatic N) is 3. The van der Waals surface area contributed by atoms with Crippen molar-refractivity contribution in [2.24, 2.45) is 5.92 Å². The predicted octanol–water partition coefficient (Wildman–Crippen LogP) is 5.18. The van der Waals surface area contributed by atoms with E-state index < -0.39 is 0 Å². The van der Waals surface area contributed by atoms with Crippen molar-refractivity contribution in [3.63, 3.8) is 0 Å². The molecular weight excluding hydrogens is 402 g/mol. The fraction of sp³-hybridized carbons (Fsp3) is 0.200. The number of aromatic nitrogens is 3. The van der Waals surface area contributed by atoms with Gasteiger partial charge in [-0.3, -0.25) is 9.78 Å². The van der Waals surface area contributed by atoms with Crippen LogP contribution in [-0.4, -0.2) is 27.9 Å². The van der Waals surface area contributed by atoms with Gasteiger partial charge < -0.3 is 15.4 Å². The van der Waals surface area contributed by atoms with E-state index in [2.05, 4.69) is 25.6 Å². The molecular formula is C25H23N5O2. The molecule has 1 aliphatic carbocycles. The van der Waals surface area contributed by atoms with Crippen molar-refractivity contribution in [3.05, 3.63) is 66.7 Å². The number of amides is 1. The Kier molecular flexibility index (Phi) is 5.15. The molecule has 32 heavy (non-hydrogen) atoms. The number of benzene rings is 1. The Bertz CT molecular complexity index is 1300. The number of pyridine rings is 3. The minimum atomic E-state index is 0.0362. The van der Waals surface area contributed by atoms with Gasteiger partial charge >= 0.3 is 0 Å². The Labute approximate surface area is 185 Å². The van der Waals surface area contributed by atoms with Crippen LogP contribution >= 0.6 is 0 Å². The summed E-state index contributed by atoms with van der Waals surface area (Å²) < 4.78 is 5.94. The summed E-state index contributed by atoms with van der Waals surface area (Å²) in [6.07, 6.45) is 7.22. The van der Waals surface area contributed by atoms with Crippen LogP contribution in [0.25, 0.3) is 21.9 Å². The van der Waals surface area contributed by atoms with Crippen molar-refractivity contribution in [1.29, 1.82) is 0 Å². The standard InChI is InChI=1S/C25H23N5O2/c1-15-11-19(9-10-27-15)32-18-7-5-16(6-8-18)21-13-29-24(26-2)22-14-28-23(12-20(21)22)30-25(31)17-3-4-17/h5-14,17H,3-4H2,1-2H3,(H,26,29)(H,28,30,31). The fourth-order valence-corrected chi connectivity index (χ4v) is 3.63. The fourth-order valence-electron chi connectivity index (χ4n) is 3.63. The minimum absolute atomic E-state index is 0.0362. The lowest BCUT2D eigenvalue weighted by Crippen LogP contribution is -2.14. The molecule has 160 valence electrons. The maximum absolute atomic E-state index is 12.2. The largest absolute Gasteiger partial charge is 0.457 e. The number of carbonyl (C=O) groups excluding carboxylic acids is 1. The molecule has 1 aromatic carbocycles. The number of carbonyl (C=O) groups is 1. The Hall–Kier alpha value is -4.00. The van der Waals surface area contributed by atoms with Gasteiger partial charge in [0.25, 0.3) is 0 Å². The van der Waals surface area contributed by atoms with E-state index in [0.29, 0.717) is 5.82 Å². The molecule has 7 heteroatoms. The molecule has 0 spiro atoms. The Morgan fingerprint density at radius 1 is 0.969 bits per heavy atom. The normalized spacial score (nSPS) is 13.1. The molecule has 0 bridgehead atoms. The van der Waals surface area contributed by atoms with E-state index >= 15 is 0 Å². The number of fused-ring (bicyclic) bond motifs is 1. The van der Waals surface area contributed by atoms with Gasteiger partial charge in [-0.05, 0) is 55.0 Å². The van der Waals surface area contributed by atoms with E-state index in [-0.39, 0.29) is 11.8 Å². The lowest BCUT2D eigenvalue weighted by atomic mass is 10.0. The number of rotatable bonds is 6. The Morgan fingerprint density at radius 2 is 1.78 bits per heavy atom. The third-order valence-corrected chi connectivity index (χ3v) is 5.48. The number of ether oxygens (including phenoxy) is 1. The van der Waals surface area contributed by atoms with Crippen molar-refractivity contribution in [2.75, 3.05) is 17.7 Å². The van der Waals surface area contributed by atoms with Crippen LogP contribution in [0.3, 0.4) is 0 Å². The first-order valence-electron chi connectivity index (χ1n) is 10.6. The summed E-state index contributed by atoms with van der Waals surface area (Å²) in [6.45, 7) is 1.93. The molecule has 2 N–H and O–H groups in total. The summed E-state index contributed by atoms with van der Waals surface area (Å²) in [5.41, 5.74) is 2.85. The molecule has 0 radical (unpaired) electrons. The molecule has 0 unspecified atom stereocenters. The summed E-state index contributed by atoms with van der Waals surface area (Å²) in [4.78, 5) is 25.4. The minimum Gasteiger partial charge on any atom is -0.457 e. The first-order chi connectivity index (χ1) is 15.6. The molecule has 1 saturated carbocycles. The Balaban J connectivity index is 1.48. The topological polar surface area (TPSA) is 89.0 Å². The highest BCUT2D eigenvalue weighted by Crippen LogP contribution is 2.35. The molecule has 7 nitrogen and oxygen atoms in total. The van der Waals surface area contributed by atoms with Crippen molar-refractivity contribution in [2.45, 2.75) is 19.8 Å². The van der Waals surface area contributed by atoms with Crippen molar-refractivity contribution in [3.8, 4) is 22.6 Å². The van der Waals surface area contributed by atoms with Gasteiger partial charge in [-0.2, -0.15) is 0 Å². The second-order valence-electron chi connectivity index (χ2n) is 7.91. The van der Waals surface area contributed by atoms with Crippen LogP contribution in [0.2, 0.25) is 0 Å². The van der Waals surface area contributed by atoms with Crippen LogP contribution in [-0.2, 0) is 4.79 Å². The molecule has 5 rings (SSSR count). The molecule has 1 fully saturated rings. The second kappa shape index (κ2) is 8.26. The van der Waals surface area contributed by atoms with Crippen LogP contribution in [0.4, 0.5) is 11.6 Å².